The van der Waals surface area contributed by atoms with Gasteiger partial charge in [0.15, 0.2) is 17.5 Å². The van der Waals surface area contributed by atoms with Crippen molar-refractivity contribution < 1.29 is 0 Å². The summed E-state index contributed by atoms with van der Waals surface area (Å²) in [5.41, 5.74) is 15.3. The van der Waals surface area contributed by atoms with Gasteiger partial charge in [0.25, 0.3) is 0 Å². The Balaban J connectivity index is 1.17. The first kappa shape index (κ1) is 33.5. The molecule has 0 fully saturated rings. The molecule has 0 radical (unpaired) electrons. The Hall–Kier alpha value is -7.30. The van der Waals surface area contributed by atoms with E-state index in [4.69, 9.17) is 15.0 Å². The quantitative estimate of drug-likeness (QED) is 0.158. The average Bonchev–Trinajstić information content (AvgIpc) is 3.27. The zero-order valence-electron chi connectivity index (χ0n) is 30.3. The molecule has 9 rings (SSSR count). The van der Waals surface area contributed by atoms with Crippen molar-refractivity contribution >= 4 is 0 Å². The third-order valence-electron chi connectivity index (χ3n) is 9.98. The second kappa shape index (κ2) is 15.0. The number of rotatable bonds is 8. The molecule has 0 atom stereocenters. The molecule has 0 aliphatic carbocycles. The molecule has 4 heteroatoms. The van der Waals surface area contributed by atoms with E-state index in [9.17, 15) is 0 Å². The van der Waals surface area contributed by atoms with Crippen molar-refractivity contribution in [3.05, 3.63) is 206 Å². The van der Waals surface area contributed by atoms with Gasteiger partial charge in [0, 0.05) is 34.1 Å². The minimum absolute atomic E-state index is 0.619. The largest absolute Gasteiger partial charge is 0.261 e. The van der Waals surface area contributed by atoms with Crippen molar-refractivity contribution in [3.8, 4) is 89.8 Å². The summed E-state index contributed by atoms with van der Waals surface area (Å²) < 4.78 is 0. The maximum Gasteiger partial charge on any atom is 0.164 e. The van der Waals surface area contributed by atoms with Gasteiger partial charge in [-0.15, -0.1) is 0 Å². The lowest BCUT2D eigenvalue weighted by Gasteiger charge is -2.19. The van der Waals surface area contributed by atoms with Gasteiger partial charge < -0.3 is 0 Å². The Morgan fingerprint density at radius 1 is 0.291 bits per heavy atom. The molecule has 0 amide bonds. The number of nitrogens with zero attached hydrogens (tertiary/aromatic N) is 4. The average molecular weight is 705 g/mol. The molecule has 0 saturated carbocycles. The summed E-state index contributed by atoms with van der Waals surface area (Å²) in [6.45, 7) is 2.03. The Morgan fingerprint density at radius 2 is 0.655 bits per heavy atom. The molecule has 0 aliphatic rings. The normalized spacial score (nSPS) is 11.0. The van der Waals surface area contributed by atoms with Gasteiger partial charge in [-0.05, 0) is 75.2 Å². The van der Waals surface area contributed by atoms with E-state index in [-0.39, 0.29) is 0 Å². The molecule has 0 unspecified atom stereocenters. The third-order valence-corrected chi connectivity index (χ3v) is 9.98. The number of aromatic nitrogens is 4. The molecule has 0 aliphatic heterocycles. The third kappa shape index (κ3) is 6.97. The fourth-order valence-corrected chi connectivity index (χ4v) is 7.17. The first-order valence-electron chi connectivity index (χ1n) is 18.5. The van der Waals surface area contributed by atoms with Crippen molar-refractivity contribution in [1.29, 1.82) is 0 Å². The van der Waals surface area contributed by atoms with Crippen LogP contribution in [0.2, 0.25) is 0 Å². The van der Waals surface area contributed by atoms with Crippen molar-refractivity contribution in [2.75, 3.05) is 0 Å². The standard InChI is InChI=1S/C51H36N4/c1-35-45(23-14-32-52-35)39-24-28-42(29-25-39)50-53-49(41-21-12-5-13-22-41)54-51(55-50)43-30-26-40(27-31-43)48-46(37-17-8-3-9-18-37)33-44(36-15-6-2-7-16-36)34-47(48)38-19-10-4-11-20-38/h2-34H,1H3. The molecular formula is C51H36N4. The minimum atomic E-state index is 0.619. The highest BCUT2D eigenvalue weighted by atomic mass is 15.0. The van der Waals surface area contributed by atoms with E-state index >= 15 is 0 Å². The molecule has 9 aromatic rings. The van der Waals surface area contributed by atoms with Gasteiger partial charge in [-0.25, -0.2) is 15.0 Å². The lowest BCUT2D eigenvalue weighted by Crippen LogP contribution is -2.00. The van der Waals surface area contributed by atoms with Crippen LogP contribution >= 0.6 is 0 Å². The van der Waals surface area contributed by atoms with Crippen LogP contribution in [0.1, 0.15) is 5.69 Å². The van der Waals surface area contributed by atoms with E-state index in [1.807, 2.05) is 49.5 Å². The number of hydrogen-bond donors (Lipinski definition) is 0. The van der Waals surface area contributed by atoms with E-state index in [0.29, 0.717) is 17.5 Å². The minimum Gasteiger partial charge on any atom is -0.261 e. The number of pyridine rings is 1. The number of hydrogen-bond acceptors (Lipinski definition) is 4. The van der Waals surface area contributed by atoms with E-state index in [2.05, 4.69) is 163 Å². The van der Waals surface area contributed by atoms with E-state index < -0.39 is 0 Å². The molecule has 0 N–H and O–H groups in total. The van der Waals surface area contributed by atoms with Crippen LogP contribution in [0.4, 0.5) is 0 Å². The second-order valence-electron chi connectivity index (χ2n) is 13.5. The van der Waals surface area contributed by atoms with Crippen LogP contribution < -0.4 is 0 Å². The second-order valence-corrected chi connectivity index (χ2v) is 13.5. The molecule has 55 heavy (non-hydrogen) atoms. The maximum atomic E-state index is 5.06. The highest BCUT2D eigenvalue weighted by Crippen LogP contribution is 2.43. The Kier molecular flexibility index (Phi) is 9.13. The monoisotopic (exact) mass is 704 g/mol. The summed E-state index contributed by atoms with van der Waals surface area (Å²) in [6, 6.07) is 67.8. The van der Waals surface area contributed by atoms with Gasteiger partial charge in [-0.3, -0.25) is 4.98 Å². The predicted octanol–water partition coefficient (Wildman–Crippen LogP) is 12.9. The Labute approximate surface area is 321 Å². The van der Waals surface area contributed by atoms with Gasteiger partial charge in [0.2, 0.25) is 0 Å². The van der Waals surface area contributed by atoms with Crippen LogP contribution in [0.5, 0.6) is 0 Å². The summed E-state index contributed by atoms with van der Waals surface area (Å²) in [4.78, 5) is 19.5. The molecule has 7 aromatic carbocycles. The van der Waals surface area contributed by atoms with Crippen molar-refractivity contribution in [2.45, 2.75) is 6.92 Å². The first-order valence-corrected chi connectivity index (χ1v) is 18.5. The van der Waals surface area contributed by atoms with Gasteiger partial charge >= 0.3 is 0 Å². The van der Waals surface area contributed by atoms with Gasteiger partial charge in [-0.2, -0.15) is 0 Å². The molecule has 2 aromatic heterocycles. The molecule has 0 bridgehead atoms. The number of benzene rings is 7. The zero-order valence-corrected chi connectivity index (χ0v) is 30.3. The SMILES string of the molecule is Cc1ncccc1-c1ccc(-c2nc(-c3ccccc3)nc(-c3ccc(-c4c(-c5ccccc5)cc(-c5ccccc5)cc4-c4ccccc4)cc3)n2)cc1. The summed E-state index contributed by atoms with van der Waals surface area (Å²) in [6.07, 6.45) is 1.82. The lowest BCUT2D eigenvalue weighted by atomic mass is 9.84. The predicted molar refractivity (Wildman–Crippen MR) is 226 cm³/mol. The Bertz CT molecular complexity index is 2650. The zero-order chi connectivity index (χ0) is 37.0. The molecule has 4 nitrogen and oxygen atoms in total. The van der Waals surface area contributed by atoms with Crippen LogP contribution in [0.25, 0.3) is 89.8 Å². The molecule has 2 heterocycles. The van der Waals surface area contributed by atoms with Crippen LogP contribution in [-0.2, 0) is 0 Å². The van der Waals surface area contributed by atoms with Gasteiger partial charge in [-0.1, -0.05) is 176 Å². The smallest absolute Gasteiger partial charge is 0.164 e. The first-order chi connectivity index (χ1) is 27.2. The fourth-order valence-electron chi connectivity index (χ4n) is 7.17. The van der Waals surface area contributed by atoms with E-state index in [1.165, 1.54) is 27.8 Å². The van der Waals surface area contributed by atoms with Crippen LogP contribution in [-0.4, -0.2) is 19.9 Å². The maximum absolute atomic E-state index is 5.06. The topological polar surface area (TPSA) is 51.6 Å². The summed E-state index contributed by atoms with van der Waals surface area (Å²) in [7, 11) is 0. The number of aryl methyl sites for hydroxylation is 1. The summed E-state index contributed by atoms with van der Waals surface area (Å²) in [5.74, 6) is 1.87. The van der Waals surface area contributed by atoms with Gasteiger partial charge in [0.1, 0.15) is 0 Å². The highest BCUT2D eigenvalue weighted by molar-refractivity contribution is 5.98. The van der Waals surface area contributed by atoms with Crippen LogP contribution in [0, 0.1) is 6.92 Å². The Morgan fingerprint density at radius 3 is 1.11 bits per heavy atom. The molecule has 0 saturated heterocycles. The van der Waals surface area contributed by atoms with Crippen molar-refractivity contribution in [2.24, 2.45) is 0 Å². The highest BCUT2D eigenvalue weighted by Gasteiger charge is 2.18. The van der Waals surface area contributed by atoms with Crippen LogP contribution in [0.3, 0.4) is 0 Å². The van der Waals surface area contributed by atoms with Gasteiger partial charge in [0.05, 0.1) is 0 Å². The fraction of sp³-hybridized carbons (Fsp3) is 0.0196. The van der Waals surface area contributed by atoms with Crippen LogP contribution in [0.15, 0.2) is 200 Å². The van der Waals surface area contributed by atoms with E-state index in [1.54, 1.807) is 0 Å². The van der Waals surface area contributed by atoms with E-state index in [0.717, 1.165) is 50.2 Å². The summed E-state index contributed by atoms with van der Waals surface area (Å²) >= 11 is 0. The summed E-state index contributed by atoms with van der Waals surface area (Å²) in [5, 5.41) is 0. The molecular weight excluding hydrogens is 669 g/mol. The molecule has 0 spiro atoms. The van der Waals surface area contributed by atoms with Crippen molar-refractivity contribution in [1.82, 2.24) is 19.9 Å². The lowest BCUT2D eigenvalue weighted by molar-refractivity contribution is 1.07. The van der Waals surface area contributed by atoms with Crippen molar-refractivity contribution in [3.63, 3.8) is 0 Å². The molecule has 260 valence electrons.